The molecule has 0 aliphatic heterocycles. The number of carbonyl (C=O) groups is 2. The molecule has 2 N–H and O–H groups in total. The Bertz CT molecular complexity index is 1590. The molecule has 18 heteroatoms. The fraction of sp³-hybridized carbons (Fsp3) is 0.190. The molecule has 0 aliphatic carbocycles. The van der Waals surface area contributed by atoms with Gasteiger partial charge in [-0.15, -0.1) is 10.2 Å². The number of aromatic carboxylic acids is 1. The largest absolute Gasteiger partial charge is 0.478 e. The number of halogens is 7. The van der Waals surface area contributed by atoms with E-state index in [1.807, 2.05) is 0 Å². The lowest BCUT2D eigenvalue weighted by molar-refractivity contribution is -0.292. The molecular weight excluding hydrogens is 606 g/mol. The molecule has 204 valence electrons. The Morgan fingerprint density at radius 2 is 1.85 bits per heavy atom. The molecule has 0 saturated carbocycles. The van der Waals surface area contributed by atoms with E-state index in [1.165, 1.54) is 13.1 Å². The van der Waals surface area contributed by atoms with Crippen LogP contribution in [0.3, 0.4) is 0 Å². The molecule has 1 amide bonds. The lowest BCUT2D eigenvalue weighted by Gasteiger charge is -2.14. The van der Waals surface area contributed by atoms with Gasteiger partial charge in [0.2, 0.25) is 0 Å². The van der Waals surface area contributed by atoms with Gasteiger partial charge >= 0.3 is 18.1 Å². The number of nitrogens with zero attached hydrogens (tertiary/aromatic N) is 7. The van der Waals surface area contributed by atoms with Crippen molar-refractivity contribution >= 4 is 33.5 Å². The third-order valence-corrected chi connectivity index (χ3v) is 5.71. The predicted octanol–water partition coefficient (Wildman–Crippen LogP) is 4.12. The molecule has 4 rings (SSSR count). The average molecular weight is 619 g/mol. The highest BCUT2D eigenvalue weighted by Gasteiger charge is 2.62. The lowest BCUT2D eigenvalue weighted by atomic mass is 10.1. The van der Waals surface area contributed by atoms with Crippen LogP contribution >= 0.6 is 15.9 Å². The van der Waals surface area contributed by atoms with Crippen LogP contribution in [-0.4, -0.2) is 58.1 Å². The van der Waals surface area contributed by atoms with E-state index >= 15 is 0 Å². The molecule has 0 atom stereocenters. The lowest BCUT2D eigenvalue weighted by Crippen LogP contribution is -2.35. The number of benzene rings is 1. The highest BCUT2D eigenvalue weighted by molar-refractivity contribution is 9.10. The standard InChI is InChI=1S/C21H13BrF6N8O3/c1-9-5-10(23)6-12(18(38)39)15(9)30-17(37)14-7-11(32-36(14)16-13(22)3-2-4-29-16)8-35-33-19(31-34-35)20(24,25)21(26,27)28/h2-7H,8H2,1H3,(H,30,37)(H,38,39). The van der Waals surface area contributed by atoms with Gasteiger partial charge in [-0.25, -0.2) is 18.9 Å². The van der Waals surface area contributed by atoms with Gasteiger partial charge in [0.25, 0.3) is 11.7 Å². The van der Waals surface area contributed by atoms with E-state index in [4.69, 9.17) is 0 Å². The smallest absolute Gasteiger partial charge is 0.461 e. The summed E-state index contributed by atoms with van der Waals surface area (Å²) in [5.41, 5.74) is -0.996. The van der Waals surface area contributed by atoms with E-state index in [0.29, 0.717) is 15.3 Å². The molecule has 0 fully saturated rings. The number of aromatic nitrogens is 7. The maximum absolute atomic E-state index is 13.8. The summed E-state index contributed by atoms with van der Waals surface area (Å²) in [6, 6.07) is 5.96. The second-order valence-electron chi connectivity index (χ2n) is 7.86. The maximum atomic E-state index is 13.8. The first-order valence-corrected chi connectivity index (χ1v) is 11.3. The van der Waals surface area contributed by atoms with E-state index in [1.54, 1.807) is 12.1 Å². The molecule has 39 heavy (non-hydrogen) atoms. The van der Waals surface area contributed by atoms with Gasteiger partial charge in [-0.3, -0.25) is 4.79 Å². The number of nitrogens with one attached hydrogen (secondary N) is 1. The summed E-state index contributed by atoms with van der Waals surface area (Å²) in [6.07, 6.45) is -4.59. The van der Waals surface area contributed by atoms with Crippen LogP contribution in [0.2, 0.25) is 0 Å². The summed E-state index contributed by atoms with van der Waals surface area (Å²) in [4.78, 5) is 29.4. The quantitative estimate of drug-likeness (QED) is 0.295. The van der Waals surface area contributed by atoms with Crippen LogP contribution in [0.5, 0.6) is 0 Å². The predicted molar refractivity (Wildman–Crippen MR) is 122 cm³/mol. The zero-order valence-corrected chi connectivity index (χ0v) is 20.8. The van der Waals surface area contributed by atoms with Gasteiger partial charge in [0.1, 0.15) is 18.1 Å². The van der Waals surface area contributed by atoms with Crippen LogP contribution in [0.4, 0.5) is 32.0 Å². The van der Waals surface area contributed by atoms with Crippen LogP contribution < -0.4 is 5.32 Å². The first-order chi connectivity index (χ1) is 18.2. The molecule has 0 saturated heterocycles. The van der Waals surface area contributed by atoms with Crippen LogP contribution in [0.15, 0.2) is 41.0 Å². The summed E-state index contributed by atoms with van der Waals surface area (Å²) >= 11 is 3.25. The topological polar surface area (TPSA) is 141 Å². The van der Waals surface area contributed by atoms with Gasteiger partial charge in [0.05, 0.1) is 21.4 Å². The van der Waals surface area contributed by atoms with E-state index in [0.717, 1.165) is 16.8 Å². The fourth-order valence-electron chi connectivity index (χ4n) is 3.33. The first-order valence-electron chi connectivity index (χ1n) is 10.5. The van der Waals surface area contributed by atoms with E-state index in [9.17, 15) is 41.0 Å². The van der Waals surface area contributed by atoms with Crippen molar-refractivity contribution in [1.82, 2.24) is 35.0 Å². The van der Waals surface area contributed by atoms with Crippen molar-refractivity contribution in [3.8, 4) is 5.82 Å². The second kappa shape index (κ2) is 10.1. The highest BCUT2D eigenvalue weighted by atomic mass is 79.9. The van der Waals surface area contributed by atoms with E-state index < -0.39 is 47.7 Å². The summed E-state index contributed by atoms with van der Waals surface area (Å²) < 4.78 is 80.2. The minimum absolute atomic E-state index is 0.0685. The van der Waals surface area contributed by atoms with Crippen LogP contribution in [-0.2, 0) is 12.5 Å². The fourth-order valence-corrected chi connectivity index (χ4v) is 3.75. The van der Waals surface area contributed by atoms with Gasteiger partial charge in [-0.1, -0.05) is 0 Å². The van der Waals surface area contributed by atoms with Crippen molar-refractivity contribution in [2.45, 2.75) is 25.6 Å². The van der Waals surface area contributed by atoms with Crippen LogP contribution in [0, 0.1) is 12.7 Å². The number of amides is 1. The van der Waals surface area contributed by atoms with Crippen molar-refractivity contribution in [1.29, 1.82) is 0 Å². The first kappa shape index (κ1) is 27.7. The van der Waals surface area contributed by atoms with Crippen LogP contribution in [0.1, 0.15) is 37.9 Å². The Morgan fingerprint density at radius 1 is 1.13 bits per heavy atom. The summed E-state index contributed by atoms with van der Waals surface area (Å²) in [5.74, 6) is -10.5. The number of carbonyl (C=O) groups excluding carboxylic acids is 1. The third kappa shape index (κ3) is 5.45. The Morgan fingerprint density at radius 3 is 2.49 bits per heavy atom. The molecule has 11 nitrogen and oxygen atoms in total. The Kier molecular flexibility index (Phi) is 7.15. The third-order valence-electron chi connectivity index (χ3n) is 5.09. The van der Waals surface area contributed by atoms with Gasteiger partial charge in [0.15, 0.2) is 5.82 Å². The number of pyridine rings is 1. The molecule has 0 spiro atoms. The number of rotatable bonds is 7. The van der Waals surface area contributed by atoms with Gasteiger partial charge < -0.3 is 10.4 Å². The average Bonchev–Trinajstić information content (AvgIpc) is 3.48. The molecule has 1 aromatic carbocycles. The zero-order valence-electron chi connectivity index (χ0n) is 19.2. The minimum atomic E-state index is -5.95. The van der Waals surface area contributed by atoms with E-state index in [-0.39, 0.29) is 28.5 Å². The molecule has 3 heterocycles. The van der Waals surface area contributed by atoms with Crippen molar-refractivity contribution in [2.24, 2.45) is 0 Å². The van der Waals surface area contributed by atoms with Crippen molar-refractivity contribution in [3.05, 3.63) is 75.2 Å². The summed E-state index contributed by atoms with van der Waals surface area (Å²) in [5, 5.41) is 25.1. The van der Waals surface area contributed by atoms with Crippen LogP contribution in [0.25, 0.3) is 5.82 Å². The van der Waals surface area contributed by atoms with Crippen molar-refractivity contribution in [2.75, 3.05) is 5.32 Å². The number of carboxylic acid groups (broad SMARTS) is 1. The summed E-state index contributed by atoms with van der Waals surface area (Å²) in [7, 11) is 0. The molecule has 0 aliphatic rings. The van der Waals surface area contributed by atoms with Gasteiger partial charge in [-0.2, -0.15) is 31.8 Å². The molecule has 4 aromatic rings. The number of carboxylic acids is 1. The zero-order chi connectivity index (χ0) is 28.7. The van der Waals surface area contributed by atoms with Crippen molar-refractivity contribution < 1.29 is 41.0 Å². The second-order valence-corrected chi connectivity index (χ2v) is 8.72. The van der Waals surface area contributed by atoms with Gasteiger partial charge in [-0.05, 0) is 64.0 Å². The molecular formula is C21H13BrF6N8O3. The van der Waals surface area contributed by atoms with Crippen molar-refractivity contribution in [3.63, 3.8) is 0 Å². The molecule has 0 unspecified atom stereocenters. The minimum Gasteiger partial charge on any atom is -0.478 e. The maximum Gasteiger partial charge on any atom is 0.461 e. The number of tetrazole rings is 1. The number of anilines is 1. The Balaban J connectivity index is 1.74. The normalized spacial score (nSPS) is 12.0. The number of hydrogen-bond acceptors (Lipinski definition) is 7. The monoisotopic (exact) mass is 618 g/mol. The highest BCUT2D eigenvalue weighted by Crippen LogP contribution is 2.41. The number of hydrogen-bond donors (Lipinski definition) is 2. The molecule has 3 aromatic heterocycles. The Labute approximate surface area is 221 Å². The number of alkyl halides is 5. The van der Waals surface area contributed by atoms with E-state index in [2.05, 4.69) is 46.7 Å². The SMILES string of the molecule is Cc1cc(F)cc(C(=O)O)c1NC(=O)c1cc(Cn2nnc(C(F)(F)C(F)(F)F)n2)nn1-c1ncccc1Br. The molecule has 0 bridgehead atoms. The number of aryl methyl sites for hydroxylation is 1. The Hall–Kier alpha value is -4.35. The summed E-state index contributed by atoms with van der Waals surface area (Å²) in [6.45, 7) is 0.780. The molecule has 0 radical (unpaired) electrons. The van der Waals surface area contributed by atoms with Gasteiger partial charge in [0, 0.05) is 6.20 Å².